The number of benzene rings is 1. The Hall–Kier alpha value is -2.54. The number of hydrogen-bond donors (Lipinski definition) is 0. The minimum atomic E-state index is -4.39. The van der Waals surface area contributed by atoms with Crippen molar-refractivity contribution in [1.29, 1.82) is 0 Å². The lowest BCUT2D eigenvalue weighted by Gasteiger charge is -2.35. The van der Waals surface area contributed by atoms with Crippen molar-refractivity contribution < 1.29 is 27.4 Å². The molecule has 0 atom stereocenters. The maximum Gasteiger partial charge on any atom is 0.416 e. The van der Waals surface area contributed by atoms with E-state index in [2.05, 4.69) is 11.0 Å². The molecule has 1 aromatic carbocycles. The van der Waals surface area contributed by atoms with Crippen molar-refractivity contribution in [2.45, 2.75) is 52.3 Å². The van der Waals surface area contributed by atoms with Gasteiger partial charge in [-0.15, -0.1) is 0 Å². The molecular formula is C26H30F3NO3. The average molecular weight is 462 g/mol. The van der Waals surface area contributed by atoms with Gasteiger partial charge in [-0.2, -0.15) is 13.2 Å². The fourth-order valence-electron chi connectivity index (χ4n) is 4.96. The highest BCUT2D eigenvalue weighted by Crippen LogP contribution is 2.43. The summed E-state index contributed by atoms with van der Waals surface area (Å²) in [7, 11) is 1.40. The van der Waals surface area contributed by atoms with Crippen molar-refractivity contribution in [3.05, 3.63) is 63.9 Å². The Morgan fingerprint density at radius 2 is 1.82 bits per heavy atom. The van der Waals surface area contributed by atoms with E-state index >= 15 is 0 Å². The SMILES string of the molecule is COC(=O)C(C)(C)CN1CCC(=C2C3=CCCC=C3OCc3cc(C(F)(F)F)ccc32)CC1. The Labute approximate surface area is 192 Å². The lowest BCUT2D eigenvalue weighted by atomic mass is 9.83. The van der Waals surface area contributed by atoms with Gasteiger partial charge in [0.15, 0.2) is 0 Å². The highest BCUT2D eigenvalue weighted by molar-refractivity contribution is 5.87. The van der Waals surface area contributed by atoms with Gasteiger partial charge >= 0.3 is 12.1 Å². The number of hydrogen-bond acceptors (Lipinski definition) is 4. The van der Waals surface area contributed by atoms with Gasteiger partial charge in [-0.05, 0) is 74.4 Å². The summed E-state index contributed by atoms with van der Waals surface area (Å²) in [5.41, 5.74) is 3.40. The normalized spacial score (nSPS) is 19.6. The maximum atomic E-state index is 13.4. The van der Waals surface area contributed by atoms with Gasteiger partial charge in [-0.1, -0.05) is 17.7 Å². The summed E-state index contributed by atoms with van der Waals surface area (Å²) in [4.78, 5) is 14.3. The zero-order valence-corrected chi connectivity index (χ0v) is 19.3. The molecule has 2 heterocycles. The molecule has 0 aromatic heterocycles. The Balaban J connectivity index is 1.67. The summed E-state index contributed by atoms with van der Waals surface area (Å²) in [6.45, 7) is 6.05. The van der Waals surface area contributed by atoms with Crippen LogP contribution in [0.3, 0.4) is 0 Å². The van der Waals surface area contributed by atoms with Crippen molar-refractivity contribution in [2.24, 2.45) is 5.41 Å². The van der Waals surface area contributed by atoms with Gasteiger partial charge in [0.1, 0.15) is 12.4 Å². The molecule has 3 aliphatic rings. The largest absolute Gasteiger partial charge is 0.489 e. The number of rotatable bonds is 3. The molecule has 1 fully saturated rings. The zero-order chi connectivity index (χ0) is 23.8. The van der Waals surface area contributed by atoms with Crippen molar-refractivity contribution in [3.63, 3.8) is 0 Å². The number of allylic oxidation sites excluding steroid dienone is 3. The molecule has 0 spiro atoms. The van der Waals surface area contributed by atoms with E-state index in [9.17, 15) is 18.0 Å². The van der Waals surface area contributed by atoms with E-state index in [0.717, 1.165) is 61.2 Å². The van der Waals surface area contributed by atoms with Gasteiger partial charge in [0.05, 0.1) is 18.1 Å². The average Bonchev–Trinajstić information content (AvgIpc) is 2.94. The summed E-state index contributed by atoms with van der Waals surface area (Å²) in [6.07, 6.45) is 3.13. The second-order valence-electron chi connectivity index (χ2n) is 9.55. The first-order chi connectivity index (χ1) is 15.6. The van der Waals surface area contributed by atoms with Crippen LogP contribution in [-0.4, -0.2) is 37.6 Å². The van der Waals surface area contributed by atoms with Crippen LogP contribution in [0.2, 0.25) is 0 Å². The van der Waals surface area contributed by atoms with E-state index in [0.29, 0.717) is 12.1 Å². The van der Waals surface area contributed by atoms with Gasteiger partial charge in [-0.3, -0.25) is 4.79 Å². The third kappa shape index (κ3) is 4.88. The predicted octanol–water partition coefficient (Wildman–Crippen LogP) is 5.89. The fraction of sp³-hybridized carbons (Fsp3) is 0.500. The monoisotopic (exact) mass is 461 g/mol. The highest BCUT2D eigenvalue weighted by atomic mass is 19.4. The quantitative estimate of drug-likeness (QED) is 0.527. The molecule has 0 N–H and O–H groups in total. The van der Waals surface area contributed by atoms with Crippen LogP contribution in [0.1, 0.15) is 56.2 Å². The molecule has 7 heteroatoms. The number of likely N-dealkylation sites (tertiary alicyclic amines) is 1. The molecule has 1 aliphatic carbocycles. The fourth-order valence-corrected chi connectivity index (χ4v) is 4.96. The number of alkyl halides is 3. The van der Waals surface area contributed by atoms with Gasteiger partial charge in [0, 0.05) is 25.2 Å². The van der Waals surface area contributed by atoms with E-state index < -0.39 is 17.2 Å². The molecule has 1 aromatic rings. The first-order valence-electron chi connectivity index (χ1n) is 11.4. The Morgan fingerprint density at radius 3 is 2.48 bits per heavy atom. The van der Waals surface area contributed by atoms with E-state index in [4.69, 9.17) is 9.47 Å². The third-order valence-corrected chi connectivity index (χ3v) is 6.63. The van der Waals surface area contributed by atoms with Gasteiger partial charge < -0.3 is 14.4 Å². The van der Waals surface area contributed by atoms with Crippen molar-refractivity contribution >= 4 is 11.5 Å². The smallest absolute Gasteiger partial charge is 0.416 e. The van der Waals surface area contributed by atoms with E-state index in [-0.39, 0.29) is 12.6 Å². The number of carbonyl (C=O) groups is 1. The molecule has 0 radical (unpaired) electrons. The highest BCUT2D eigenvalue weighted by Gasteiger charge is 2.35. The topological polar surface area (TPSA) is 38.8 Å². The number of fused-ring (bicyclic) bond motifs is 2. The molecule has 4 rings (SSSR count). The molecule has 0 unspecified atom stereocenters. The Bertz CT molecular complexity index is 1020. The second-order valence-corrected chi connectivity index (χ2v) is 9.55. The van der Waals surface area contributed by atoms with Crippen molar-refractivity contribution in [3.8, 4) is 0 Å². The number of halogens is 3. The van der Waals surface area contributed by atoms with Gasteiger partial charge in [0.2, 0.25) is 0 Å². The number of ether oxygens (including phenoxy) is 2. The molecule has 0 saturated carbocycles. The maximum absolute atomic E-state index is 13.4. The van der Waals surface area contributed by atoms with Crippen LogP contribution in [0.5, 0.6) is 0 Å². The summed E-state index contributed by atoms with van der Waals surface area (Å²) < 4.78 is 51.0. The number of methoxy groups -OCH3 is 1. The number of esters is 1. The van der Waals surface area contributed by atoms with Crippen molar-refractivity contribution in [2.75, 3.05) is 26.7 Å². The summed E-state index contributed by atoms with van der Waals surface area (Å²) in [5, 5.41) is 0. The van der Waals surface area contributed by atoms with Gasteiger partial charge in [-0.25, -0.2) is 0 Å². The van der Waals surface area contributed by atoms with Crippen LogP contribution in [0.25, 0.3) is 5.57 Å². The van der Waals surface area contributed by atoms with E-state index in [1.807, 2.05) is 19.9 Å². The van der Waals surface area contributed by atoms with Crippen LogP contribution in [0, 0.1) is 5.41 Å². The minimum Gasteiger partial charge on any atom is -0.489 e. The molecule has 2 aliphatic heterocycles. The Kier molecular flexibility index (Phi) is 6.45. The summed E-state index contributed by atoms with van der Waals surface area (Å²) >= 11 is 0. The number of carbonyl (C=O) groups excluding carboxylic acids is 1. The summed E-state index contributed by atoms with van der Waals surface area (Å²) in [5.74, 6) is 0.534. The van der Waals surface area contributed by atoms with Crippen LogP contribution >= 0.6 is 0 Å². The Morgan fingerprint density at radius 1 is 1.12 bits per heavy atom. The van der Waals surface area contributed by atoms with Crippen LogP contribution < -0.4 is 0 Å². The molecule has 0 amide bonds. The van der Waals surface area contributed by atoms with Crippen LogP contribution in [0.4, 0.5) is 13.2 Å². The third-order valence-electron chi connectivity index (χ3n) is 6.63. The lowest BCUT2D eigenvalue weighted by Crippen LogP contribution is -2.42. The lowest BCUT2D eigenvalue weighted by molar-refractivity contribution is -0.151. The summed E-state index contributed by atoms with van der Waals surface area (Å²) in [6, 6.07) is 4.00. The molecular weight excluding hydrogens is 431 g/mol. The second kappa shape index (κ2) is 9.01. The molecule has 0 bridgehead atoms. The first-order valence-corrected chi connectivity index (χ1v) is 11.4. The van der Waals surface area contributed by atoms with E-state index in [1.165, 1.54) is 24.8 Å². The minimum absolute atomic E-state index is 0.124. The standard InChI is InChI=1S/C26H30F3NO3/c1-25(2,24(31)32-3)16-30-12-10-17(11-13-30)23-20-9-8-19(26(27,28)29)14-18(20)15-33-22-7-5-4-6-21(22)23/h6-9,14H,4-5,10-13,15-16H2,1-3H3. The van der Waals surface area contributed by atoms with Gasteiger partial charge in [0.25, 0.3) is 0 Å². The zero-order valence-electron chi connectivity index (χ0n) is 19.3. The van der Waals surface area contributed by atoms with Crippen LogP contribution in [-0.2, 0) is 27.1 Å². The molecule has 1 saturated heterocycles. The van der Waals surface area contributed by atoms with E-state index in [1.54, 1.807) is 6.07 Å². The van der Waals surface area contributed by atoms with Crippen molar-refractivity contribution in [1.82, 2.24) is 4.90 Å². The molecule has 4 nitrogen and oxygen atoms in total. The number of nitrogens with zero attached hydrogens (tertiary/aromatic N) is 1. The molecule has 178 valence electrons. The first kappa shape index (κ1) is 23.6. The number of piperidine rings is 1. The predicted molar refractivity (Wildman–Crippen MR) is 120 cm³/mol. The van der Waals surface area contributed by atoms with Crippen LogP contribution in [0.15, 0.2) is 47.3 Å². The molecule has 33 heavy (non-hydrogen) atoms.